The van der Waals surface area contributed by atoms with Crippen LogP contribution in [0.3, 0.4) is 0 Å². The smallest absolute Gasteiger partial charge is 0.254 e. The Kier molecular flexibility index (Phi) is 9.44. The van der Waals surface area contributed by atoms with Gasteiger partial charge in [-0.2, -0.15) is 0 Å². The Balaban J connectivity index is 1.07. The number of aromatic nitrogens is 5. The first kappa shape index (κ1) is 37.7. The second-order valence-electron chi connectivity index (χ2n) is 16.3. The van der Waals surface area contributed by atoms with E-state index in [1.54, 1.807) is 33.1 Å². The van der Waals surface area contributed by atoms with E-state index in [-0.39, 0.29) is 23.9 Å². The number of sulfone groups is 1. The Morgan fingerprint density at radius 1 is 1.07 bits per heavy atom. The fourth-order valence-electron chi connectivity index (χ4n) is 8.00. The molecule has 5 aromatic rings. The number of piperidine rings is 1. The van der Waals surface area contributed by atoms with Gasteiger partial charge in [-0.25, -0.2) is 23.4 Å². The number of nitrogens with two attached hydrogens (primary N) is 1. The predicted octanol–water partition coefficient (Wildman–Crippen LogP) is 5.02. The van der Waals surface area contributed by atoms with Gasteiger partial charge >= 0.3 is 0 Å². The molecule has 2 amide bonds. The van der Waals surface area contributed by atoms with Crippen LogP contribution in [0.15, 0.2) is 48.7 Å². The number of nitrogens with zero attached hydrogens (tertiary/aromatic N) is 6. The third-order valence-corrected chi connectivity index (χ3v) is 13.9. The zero-order valence-electron chi connectivity index (χ0n) is 32.7. The molecule has 3 fully saturated rings. The molecular weight excluding hydrogens is 729 g/mol. The van der Waals surface area contributed by atoms with Crippen molar-refractivity contribution in [2.75, 3.05) is 19.9 Å². The summed E-state index contributed by atoms with van der Waals surface area (Å²) >= 11 is 0. The number of carbonyl (C=O) groups excluding carboxylic acids is 2. The lowest BCUT2D eigenvalue weighted by Gasteiger charge is -2.37. The highest BCUT2D eigenvalue weighted by Crippen LogP contribution is 2.40. The molecule has 2 saturated carbocycles. The largest absolute Gasteiger partial charge is 0.494 e. The van der Waals surface area contributed by atoms with Crippen molar-refractivity contribution in [3.8, 4) is 29.1 Å². The zero-order chi connectivity index (χ0) is 39.7. The summed E-state index contributed by atoms with van der Waals surface area (Å²) in [7, 11) is 0.206. The summed E-state index contributed by atoms with van der Waals surface area (Å²) < 4.78 is 32.9. The van der Waals surface area contributed by atoms with Gasteiger partial charge in [-0.1, -0.05) is 5.92 Å². The maximum absolute atomic E-state index is 14.0. The van der Waals surface area contributed by atoms with Crippen LogP contribution in [-0.4, -0.2) is 86.0 Å². The minimum Gasteiger partial charge on any atom is -0.494 e. The second kappa shape index (κ2) is 14.0. The van der Waals surface area contributed by atoms with Crippen LogP contribution in [0, 0.1) is 23.7 Å². The Labute approximate surface area is 326 Å². The van der Waals surface area contributed by atoms with E-state index in [1.165, 1.54) is 6.20 Å². The number of nitrogens with one attached hydrogen (secondary N) is 1. The van der Waals surface area contributed by atoms with Gasteiger partial charge in [0, 0.05) is 55.6 Å². The number of imidazole rings is 1. The maximum atomic E-state index is 14.0. The topological polar surface area (TPSA) is 167 Å². The first-order valence-electron chi connectivity index (χ1n) is 19.2. The molecule has 8 rings (SSSR count). The molecule has 13 nitrogen and oxygen atoms in total. The number of carbonyl (C=O) groups is 2. The highest BCUT2D eigenvalue weighted by atomic mass is 32.2. The molecule has 4 atom stereocenters. The van der Waals surface area contributed by atoms with Crippen LogP contribution in [0.1, 0.15) is 91.0 Å². The normalized spacial score (nSPS) is 20.2. The number of ether oxygens (including phenoxy) is 1. The van der Waals surface area contributed by atoms with Crippen molar-refractivity contribution in [2.24, 2.45) is 24.6 Å². The monoisotopic (exact) mass is 776 g/mol. The maximum Gasteiger partial charge on any atom is 0.254 e. The van der Waals surface area contributed by atoms with Gasteiger partial charge in [-0.3, -0.25) is 9.59 Å². The van der Waals surface area contributed by atoms with Gasteiger partial charge in [-0.15, -0.1) is 0 Å². The molecule has 5 heterocycles. The van der Waals surface area contributed by atoms with E-state index in [4.69, 9.17) is 20.4 Å². The summed E-state index contributed by atoms with van der Waals surface area (Å²) in [6.07, 6.45) is 7.88. The lowest BCUT2D eigenvalue weighted by atomic mass is 9.94. The Morgan fingerprint density at radius 3 is 2.55 bits per heavy atom. The van der Waals surface area contributed by atoms with Gasteiger partial charge in [0.25, 0.3) is 11.8 Å². The lowest BCUT2D eigenvalue weighted by molar-refractivity contribution is 0.0603. The lowest BCUT2D eigenvalue weighted by Crippen LogP contribution is -2.51. The van der Waals surface area contributed by atoms with Gasteiger partial charge < -0.3 is 29.8 Å². The van der Waals surface area contributed by atoms with Crippen LogP contribution in [0.25, 0.3) is 33.6 Å². The van der Waals surface area contributed by atoms with E-state index in [1.807, 2.05) is 47.7 Å². The number of benzene rings is 1. The van der Waals surface area contributed by atoms with Crippen molar-refractivity contribution >= 4 is 43.7 Å². The first-order valence-corrected chi connectivity index (χ1v) is 21.1. The highest BCUT2D eigenvalue weighted by molar-refractivity contribution is 7.92. The highest BCUT2D eigenvalue weighted by Gasteiger charge is 2.41. The van der Waals surface area contributed by atoms with Crippen molar-refractivity contribution < 1.29 is 22.7 Å². The third-order valence-electron chi connectivity index (χ3n) is 11.9. The molecule has 2 aliphatic carbocycles. The summed E-state index contributed by atoms with van der Waals surface area (Å²) in [6, 6.07) is 12.8. The fraction of sp³-hybridized carbons (Fsp3) is 0.452. The van der Waals surface area contributed by atoms with Crippen molar-refractivity contribution in [2.45, 2.75) is 82.3 Å². The van der Waals surface area contributed by atoms with E-state index in [2.05, 4.69) is 32.8 Å². The van der Waals surface area contributed by atoms with Gasteiger partial charge in [0.15, 0.2) is 15.7 Å². The number of hydrogen-bond acceptors (Lipinski definition) is 9. The van der Waals surface area contributed by atoms with Crippen LogP contribution < -0.4 is 15.8 Å². The molecule has 3 aliphatic rings. The van der Waals surface area contributed by atoms with Crippen LogP contribution in [-0.2, 0) is 23.4 Å². The molecule has 292 valence electrons. The molecular formula is C42H48N8O5S. The summed E-state index contributed by atoms with van der Waals surface area (Å²) in [4.78, 5) is 43.7. The molecule has 2 bridgehead atoms. The quantitative estimate of drug-likeness (QED) is 0.196. The number of amides is 2. The minimum atomic E-state index is -3.38. The molecule has 0 radical (unpaired) electrons. The first-order chi connectivity index (χ1) is 26.6. The molecule has 14 heteroatoms. The summed E-state index contributed by atoms with van der Waals surface area (Å²) in [5.74, 6) is 7.56. The van der Waals surface area contributed by atoms with Crippen LogP contribution in [0.2, 0.25) is 0 Å². The SMILES string of the molecule is COc1cc(C(=O)N2C[C@H](N)[C@@H]3CC[C@H]2C3)cc2nc(-c3cc4ccc([C@@H](C)NC(=O)c5ccc(C#CC(C)(C)S(C)(=O)=O)nc5)nc4n3CC3CC3)n(C)c12. The minimum absolute atomic E-state index is 0.00191. The van der Waals surface area contributed by atoms with E-state index in [9.17, 15) is 18.0 Å². The third kappa shape index (κ3) is 6.92. The van der Waals surface area contributed by atoms with Crippen molar-refractivity contribution in [3.05, 3.63) is 71.2 Å². The number of hydrogen-bond donors (Lipinski definition) is 2. The number of rotatable bonds is 9. The molecule has 4 aromatic heterocycles. The van der Waals surface area contributed by atoms with E-state index in [0.29, 0.717) is 52.2 Å². The molecule has 0 spiro atoms. The number of likely N-dealkylation sites (tertiary alicyclic amines) is 1. The van der Waals surface area contributed by atoms with Crippen LogP contribution in [0.5, 0.6) is 5.75 Å². The average molecular weight is 777 g/mol. The molecule has 0 unspecified atom stereocenters. The standard InChI is InChI=1S/C42H48N8O5S/c1-24(45-40(51)28-9-12-30(44-21-28)15-16-42(2,3)56(6,53)54)33-14-11-27-19-35(50(38(27)46-33)22-25-7-8-25)39-47-34-18-29(20-36(55-5)37(34)48(39)4)41(52)49-23-32(43)26-10-13-31(49)17-26/h9,11-12,14,18-21,24-26,31-32H,7-8,10,13,17,22-23,43H2,1-6H3,(H,45,51)/t24-,26-,31+,32+/m1/s1. The molecule has 1 aromatic carbocycles. The fourth-order valence-corrected chi connectivity index (χ4v) is 8.23. The molecule has 1 aliphatic heterocycles. The van der Waals surface area contributed by atoms with E-state index in [0.717, 1.165) is 73.0 Å². The van der Waals surface area contributed by atoms with Crippen molar-refractivity contribution in [3.63, 3.8) is 0 Å². The van der Waals surface area contributed by atoms with Gasteiger partial charge in [0.05, 0.1) is 35.6 Å². The molecule has 1 saturated heterocycles. The second-order valence-corrected chi connectivity index (χ2v) is 18.8. The molecule has 56 heavy (non-hydrogen) atoms. The van der Waals surface area contributed by atoms with Gasteiger partial charge in [-0.05, 0) is 113 Å². The average Bonchev–Trinajstić information content (AvgIpc) is 3.64. The van der Waals surface area contributed by atoms with Gasteiger partial charge in [0.2, 0.25) is 0 Å². The van der Waals surface area contributed by atoms with E-state index < -0.39 is 20.6 Å². The Hall–Kier alpha value is -5.26. The Morgan fingerprint density at radius 2 is 1.86 bits per heavy atom. The number of aryl methyl sites for hydroxylation is 1. The van der Waals surface area contributed by atoms with E-state index >= 15 is 0 Å². The molecule has 3 N–H and O–H groups in total. The number of fused-ring (bicyclic) bond motifs is 4. The van der Waals surface area contributed by atoms with Gasteiger partial charge in [0.1, 0.15) is 27.4 Å². The summed E-state index contributed by atoms with van der Waals surface area (Å²) in [5.41, 5.74) is 11.6. The van der Waals surface area contributed by atoms with Crippen LogP contribution in [0.4, 0.5) is 0 Å². The Bertz CT molecular complexity index is 2560. The summed E-state index contributed by atoms with van der Waals surface area (Å²) in [6.45, 7) is 6.32. The van der Waals surface area contributed by atoms with Crippen molar-refractivity contribution in [1.82, 2.24) is 34.3 Å². The predicted molar refractivity (Wildman–Crippen MR) is 215 cm³/mol. The van der Waals surface area contributed by atoms with Crippen molar-refractivity contribution in [1.29, 1.82) is 0 Å². The summed E-state index contributed by atoms with van der Waals surface area (Å²) in [5, 5.41) is 3.99. The number of pyridine rings is 2. The zero-order valence-corrected chi connectivity index (χ0v) is 33.5. The number of methoxy groups -OCH3 is 1. The van der Waals surface area contributed by atoms with Crippen LogP contribution >= 0.6 is 0 Å².